The van der Waals surface area contributed by atoms with E-state index in [1.807, 2.05) is 6.07 Å². The van der Waals surface area contributed by atoms with Gasteiger partial charge >= 0.3 is 0 Å². The first-order valence-electron chi connectivity index (χ1n) is 7.69. The van der Waals surface area contributed by atoms with E-state index in [-0.39, 0.29) is 0 Å². The first kappa shape index (κ1) is 14.2. The highest BCUT2D eigenvalue weighted by molar-refractivity contribution is 5.53. The van der Waals surface area contributed by atoms with Crippen LogP contribution in [0.4, 0.5) is 0 Å². The molecule has 0 radical (unpaired) electrons. The molecule has 1 fully saturated rings. The van der Waals surface area contributed by atoms with Crippen LogP contribution in [-0.2, 0) is 10.3 Å². The Kier molecular flexibility index (Phi) is 3.73. The lowest BCUT2D eigenvalue weighted by atomic mass is 9.69. The molecule has 1 aromatic rings. The number of fused-ring (bicyclic) bond motifs is 1. The van der Waals surface area contributed by atoms with Gasteiger partial charge in [-0.05, 0) is 48.4 Å². The smallest absolute Gasteiger partial charge is 0.235 e. The summed E-state index contributed by atoms with van der Waals surface area (Å²) in [5.74, 6) is 1.93. The molecule has 1 aliphatic heterocycles. The molecule has 3 rings (SSSR count). The van der Waals surface area contributed by atoms with Crippen LogP contribution in [0.25, 0.3) is 0 Å². The van der Waals surface area contributed by atoms with Crippen molar-refractivity contribution in [3.05, 3.63) is 23.3 Å². The van der Waals surface area contributed by atoms with Crippen LogP contribution >= 0.6 is 0 Å². The summed E-state index contributed by atoms with van der Waals surface area (Å²) >= 11 is 0. The van der Waals surface area contributed by atoms with Crippen molar-refractivity contribution in [3.63, 3.8) is 0 Å². The minimum Gasteiger partial charge on any atom is -0.490 e. The number of benzene rings is 1. The van der Waals surface area contributed by atoms with Gasteiger partial charge in [0.2, 0.25) is 6.08 Å². The van der Waals surface area contributed by atoms with E-state index in [0.29, 0.717) is 19.1 Å². The largest absolute Gasteiger partial charge is 0.490 e. The van der Waals surface area contributed by atoms with Crippen molar-refractivity contribution in [1.82, 2.24) is 0 Å². The van der Waals surface area contributed by atoms with Gasteiger partial charge in [0.25, 0.3) is 0 Å². The minimum atomic E-state index is -0.397. The van der Waals surface area contributed by atoms with E-state index < -0.39 is 5.54 Å². The van der Waals surface area contributed by atoms with Crippen LogP contribution in [-0.4, -0.2) is 19.3 Å². The van der Waals surface area contributed by atoms with E-state index in [4.69, 9.17) is 9.47 Å². The first-order valence-corrected chi connectivity index (χ1v) is 7.69. The fourth-order valence-electron chi connectivity index (χ4n) is 3.15. The van der Waals surface area contributed by atoms with E-state index in [2.05, 4.69) is 24.9 Å². The molecule has 4 heteroatoms. The van der Waals surface area contributed by atoms with Crippen LogP contribution in [0.2, 0.25) is 0 Å². The molecule has 112 valence electrons. The van der Waals surface area contributed by atoms with Gasteiger partial charge in [0.05, 0.1) is 18.8 Å². The number of aliphatic imine (C=N–C) groups is 1. The van der Waals surface area contributed by atoms with Crippen molar-refractivity contribution in [2.45, 2.75) is 51.0 Å². The fraction of sp³-hybridized carbons (Fsp3) is 0.588. The quantitative estimate of drug-likeness (QED) is 0.629. The standard InChI is InChI=1S/C17H21NO3/c1-12(2)13-9-15-16(21-8-4-7-20-15)10-14(13)17(18-11-19)5-3-6-17/h9-10,12H,3-8H2,1-2H3. The fourth-order valence-corrected chi connectivity index (χ4v) is 3.15. The second-order valence-corrected chi connectivity index (χ2v) is 6.18. The third-order valence-electron chi connectivity index (χ3n) is 4.48. The molecule has 0 saturated heterocycles. The molecule has 0 N–H and O–H groups in total. The van der Waals surface area contributed by atoms with E-state index in [1.54, 1.807) is 6.08 Å². The highest BCUT2D eigenvalue weighted by Gasteiger charge is 2.41. The molecule has 1 saturated carbocycles. The van der Waals surface area contributed by atoms with Crippen LogP contribution in [0.15, 0.2) is 17.1 Å². The van der Waals surface area contributed by atoms with Gasteiger partial charge in [-0.25, -0.2) is 4.79 Å². The molecule has 4 nitrogen and oxygen atoms in total. The number of ether oxygens (including phenoxy) is 2. The molecule has 0 atom stereocenters. The minimum absolute atomic E-state index is 0.344. The van der Waals surface area contributed by atoms with E-state index in [9.17, 15) is 4.79 Å². The second-order valence-electron chi connectivity index (χ2n) is 6.18. The van der Waals surface area contributed by atoms with E-state index in [1.165, 1.54) is 5.56 Å². The summed E-state index contributed by atoms with van der Waals surface area (Å²) in [4.78, 5) is 15.0. The Morgan fingerprint density at radius 2 is 1.81 bits per heavy atom. The second kappa shape index (κ2) is 5.53. The van der Waals surface area contributed by atoms with Crippen molar-refractivity contribution in [2.75, 3.05) is 13.2 Å². The SMILES string of the molecule is CC(C)c1cc2c(cc1C1(N=C=O)CCC1)OCCCO2. The number of rotatable bonds is 3. The summed E-state index contributed by atoms with van der Waals surface area (Å²) in [6.07, 6.45) is 5.56. The average molecular weight is 287 g/mol. The van der Waals surface area contributed by atoms with Gasteiger partial charge in [-0.2, -0.15) is 4.99 Å². The van der Waals surface area contributed by atoms with Crippen molar-refractivity contribution in [3.8, 4) is 11.5 Å². The molecule has 0 unspecified atom stereocenters. The van der Waals surface area contributed by atoms with Crippen LogP contribution in [0.5, 0.6) is 11.5 Å². The van der Waals surface area contributed by atoms with Gasteiger partial charge < -0.3 is 9.47 Å². The molecule has 1 aliphatic carbocycles. The van der Waals surface area contributed by atoms with Crippen LogP contribution < -0.4 is 9.47 Å². The van der Waals surface area contributed by atoms with Gasteiger partial charge in [-0.3, -0.25) is 0 Å². The van der Waals surface area contributed by atoms with Gasteiger partial charge in [0, 0.05) is 6.42 Å². The molecule has 0 amide bonds. The summed E-state index contributed by atoms with van der Waals surface area (Å²) in [5.41, 5.74) is 1.90. The highest BCUT2D eigenvalue weighted by atomic mass is 16.5. The lowest BCUT2D eigenvalue weighted by Crippen LogP contribution is -2.33. The van der Waals surface area contributed by atoms with Gasteiger partial charge in [-0.15, -0.1) is 0 Å². The molecule has 2 aliphatic rings. The Balaban J connectivity index is 2.14. The zero-order valence-electron chi connectivity index (χ0n) is 12.6. The van der Waals surface area contributed by atoms with Gasteiger partial charge in [0.1, 0.15) is 0 Å². The molecular formula is C17H21NO3. The molecule has 0 aromatic heterocycles. The van der Waals surface area contributed by atoms with Crippen molar-refractivity contribution < 1.29 is 14.3 Å². The van der Waals surface area contributed by atoms with Crippen LogP contribution in [0.3, 0.4) is 0 Å². The van der Waals surface area contributed by atoms with E-state index >= 15 is 0 Å². The molecular weight excluding hydrogens is 266 g/mol. The molecule has 0 bridgehead atoms. The Morgan fingerprint density at radius 3 is 2.33 bits per heavy atom. The summed E-state index contributed by atoms with van der Waals surface area (Å²) in [5, 5.41) is 0. The summed E-state index contributed by atoms with van der Waals surface area (Å²) in [7, 11) is 0. The van der Waals surface area contributed by atoms with E-state index in [0.717, 1.165) is 42.7 Å². The maximum Gasteiger partial charge on any atom is 0.235 e. The Labute approximate surface area is 125 Å². The number of isocyanates is 1. The Hall–Kier alpha value is -1.80. The normalized spacial score (nSPS) is 19.4. The zero-order chi connectivity index (χ0) is 14.9. The predicted octanol–water partition coefficient (Wildman–Crippen LogP) is 3.69. The first-order chi connectivity index (χ1) is 10.2. The summed E-state index contributed by atoms with van der Waals surface area (Å²) in [6, 6.07) is 4.11. The topological polar surface area (TPSA) is 47.9 Å². The van der Waals surface area contributed by atoms with Crippen LogP contribution in [0.1, 0.15) is 56.6 Å². The molecule has 0 spiro atoms. The Morgan fingerprint density at radius 1 is 1.14 bits per heavy atom. The summed E-state index contributed by atoms with van der Waals surface area (Å²) in [6.45, 7) is 5.65. The monoisotopic (exact) mass is 287 g/mol. The number of hydrogen-bond acceptors (Lipinski definition) is 4. The molecule has 1 aromatic carbocycles. The van der Waals surface area contributed by atoms with Crippen molar-refractivity contribution in [2.24, 2.45) is 4.99 Å². The third-order valence-corrected chi connectivity index (χ3v) is 4.48. The zero-order valence-corrected chi connectivity index (χ0v) is 12.6. The number of hydrogen-bond donors (Lipinski definition) is 0. The summed E-state index contributed by atoms with van der Waals surface area (Å²) < 4.78 is 11.6. The van der Waals surface area contributed by atoms with Crippen molar-refractivity contribution in [1.29, 1.82) is 0 Å². The number of nitrogens with zero attached hydrogens (tertiary/aromatic N) is 1. The predicted molar refractivity (Wildman–Crippen MR) is 79.8 cm³/mol. The lowest BCUT2D eigenvalue weighted by molar-refractivity contribution is 0.251. The number of carbonyl (C=O) groups excluding carboxylic acids is 1. The Bertz CT molecular complexity index is 584. The van der Waals surface area contributed by atoms with Crippen molar-refractivity contribution >= 4 is 6.08 Å². The maximum atomic E-state index is 10.9. The third kappa shape index (κ3) is 2.44. The highest BCUT2D eigenvalue weighted by Crippen LogP contribution is 2.50. The van der Waals surface area contributed by atoms with Gasteiger partial charge in [0.15, 0.2) is 11.5 Å². The van der Waals surface area contributed by atoms with Gasteiger partial charge in [-0.1, -0.05) is 13.8 Å². The lowest BCUT2D eigenvalue weighted by Gasteiger charge is -2.39. The average Bonchev–Trinajstić information content (AvgIpc) is 2.66. The molecule has 21 heavy (non-hydrogen) atoms. The maximum absolute atomic E-state index is 10.9. The van der Waals surface area contributed by atoms with Crippen LogP contribution in [0, 0.1) is 0 Å². The molecule has 1 heterocycles.